The molecular weight excluding hydrogens is 220 g/mol. The molecule has 1 aliphatic rings. The molecule has 2 atom stereocenters. The van der Waals surface area contributed by atoms with Gasteiger partial charge < -0.3 is 15.3 Å². The van der Waals surface area contributed by atoms with Gasteiger partial charge in [0.05, 0.1) is 17.8 Å². The lowest BCUT2D eigenvalue weighted by Crippen LogP contribution is -2.44. The number of β-amino-alcohol motifs (C(OH)–C–C–N with tert-alkyl or cyclic N) is 1. The Labute approximate surface area is 100 Å². The molecule has 0 unspecified atom stereocenters. The molecular formula is C11H18N4O2. The molecule has 2 rings (SSSR count). The Morgan fingerprint density at radius 2 is 2.35 bits per heavy atom. The van der Waals surface area contributed by atoms with Crippen LogP contribution in [0.5, 0.6) is 0 Å². The number of nitrogens with zero attached hydrogens (tertiary/aromatic N) is 3. The summed E-state index contributed by atoms with van der Waals surface area (Å²) in [6.45, 7) is 3.01. The van der Waals surface area contributed by atoms with Gasteiger partial charge in [0, 0.05) is 27.2 Å². The first-order valence-corrected chi connectivity index (χ1v) is 5.67. The third kappa shape index (κ3) is 2.18. The van der Waals surface area contributed by atoms with Crippen molar-refractivity contribution < 1.29 is 9.90 Å². The summed E-state index contributed by atoms with van der Waals surface area (Å²) in [4.78, 5) is 13.8. The van der Waals surface area contributed by atoms with Crippen LogP contribution < -0.4 is 5.32 Å². The van der Waals surface area contributed by atoms with Crippen molar-refractivity contribution in [2.45, 2.75) is 19.1 Å². The molecule has 2 N–H and O–H groups in total. The summed E-state index contributed by atoms with van der Waals surface area (Å²) in [6.07, 6.45) is -0.502. The zero-order valence-electron chi connectivity index (χ0n) is 10.3. The van der Waals surface area contributed by atoms with Crippen LogP contribution in [0.4, 0.5) is 0 Å². The number of rotatable bonds is 2. The van der Waals surface area contributed by atoms with E-state index in [1.54, 1.807) is 29.7 Å². The molecule has 6 nitrogen and oxygen atoms in total. The number of nitrogens with one attached hydrogen (secondary N) is 1. The molecule has 1 amide bonds. The Morgan fingerprint density at radius 3 is 2.82 bits per heavy atom. The number of aliphatic hydroxyl groups is 1. The van der Waals surface area contributed by atoms with Crippen molar-refractivity contribution >= 4 is 5.91 Å². The molecule has 1 aromatic heterocycles. The fourth-order valence-corrected chi connectivity index (χ4v) is 2.19. The minimum absolute atomic E-state index is 0.110. The van der Waals surface area contributed by atoms with Crippen molar-refractivity contribution in [1.82, 2.24) is 20.0 Å². The van der Waals surface area contributed by atoms with Crippen LogP contribution in [0.25, 0.3) is 0 Å². The number of hydrogen-bond acceptors (Lipinski definition) is 4. The van der Waals surface area contributed by atoms with Gasteiger partial charge in [-0.15, -0.1) is 0 Å². The van der Waals surface area contributed by atoms with E-state index in [1.165, 1.54) is 0 Å². The first kappa shape index (κ1) is 12.1. The maximum Gasteiger partial charge on any atom is 0.272 e. The predicted molar refractivity (Wildman–Crippen MR) is 62.7 cm³/mol. The molecule has 0 radical (unpaired) electrons. The molecule has 0 aliphatic carbocycles. The largest absolute Gasteiger partial charge is 0.390 e. The smallest absolute Gasteiger partial charge is 0.272 e. The first-order chi connectivity index (χ1) is 8.00. The van der Waals surface area contributed by atoms with Crippen LogP contribution in [-0.4, -0.2) is 58.0 Å². The number of amides is 1. The number of carbonyl (C=O) groups is 1. The fraction of sp³-hybridized carbons (Fsp3) is 0.636. The quantitative estimate of drug-likeness (QED) is 0.703. The van der Waals surface area contributed by atoms with E-state index in [9.17, 15) is 9.90 Å². The Kier molecular flexibility index (Phi) is 3.17. The van der Waals surface area contributed by atoms with E-state index in [2.05, 4.69) is 10.4 Å². The molecule has 0 saturated carbocycles. The van der Waals surface area contributed by atoms with Gasteiger partial charge in [-0.05, 0) is 13.0 Å². The van der Waals surface area contributed by atoms with Gasteiger partial charge in [-0.1, -0.05) is 0 Å². The van der Waals surface area contributed by atoms with Gasteiger partial charge in [0.2, 0.25) is 0 Å². The van der Waals surface area contributed by atoms with Crippen LogP contribution in [-0.2, 0) is 7.05 Å². The SMILES string of the molecule is Cc1cc(C(=O)N(C)[C@@H]2CNC[C@H]2O)n(C)n1. The van der Waals surface area contributed by atoms with E-state index in [0.717, 1.165) is 5.69 Å². The highest BCUT2D eigenvalue weighted by Gasteiger charge is 2.32. The minimum Gasteiger partial charge on any atom is -0.390 e. The van der Waals surface area contributed by atoms with Crippen molar-refractivity contribution in [1.29, 1.82) is 0 Å². The zero-order chi connectivity index (χ0) is 12.6. The number of aliphatic hydroxyl groups excluding tert-OH is 1. The average Bonchev–Trinajstić information content (AvgIpc) is 2.82. The fourth-order valence-electron chi connectivity index (χ4n) is 2.19. The molecule has 1 aliphatic heterocycles. The standard InChI is InChI=1S/C11H18N4O2/c1-7-4-8(15(3)13-7)11(17)14(2)9-5-12-6-10(9)16/h4,9-10,12,16H,5-6H2,1-3H3/t9-,10-/m1/s1. The Hall–Kier alpha value is -1.40. The highest BCUT2D eigenvalue weighted by Crippen LogP contribution is 2.12. The third-order valence-electron chi connectivity index (χ3n) is 3.19. The number of likely N-dealkylation sites (N-methyl/N-ethyl adjacent to an activating group) is 1. The molecule has 1 fully saturated rings. The monoisotopic (exact) mass is 238 g/mol. The van der Waals surface area contributed by atoms with E-state index in [0.29, 0.717) is 18.8 Å². The molecule has 0 aromatic carbocycles. The second-order valence-electron chi connectivity index (χ2n) is 4.50. The van der Waals surface area contributed by atoms with Crippen LogP contribution in [0.3, 0.4) is 0 Å². The molecule has 0 bridgehead atoms. The van der Waals surface area contributed by atoms with E-state index in [1.807, 2.05) is 6.92 Å². The molecule has 94 valence electrons. The number of hydrogen-bond donors (Lipinski definition) is 2. The zero-order valence-corrected chi connectivity index (χ0v) is 10.3. The summed E-state index contributed by atoms with van der Waals surface area (Å²) < 4.78 is 1.57. The topological polar surface area (TPSA) is 70.4 Å². The first-order valence-electron chi connectivity index (χ1n) is 5.67. The van der Waals surface area contributed by atoms with Gasteiger partial charge in [-0.2, -0.15) is 5.10 Å². The summed E-state index contributed by atoms with van der Waals surface area (Å²) in [5.74, 6) is -0.110. The molecule has 0 spiro atoms. The highest BCUT2D eigenvalue weighted by molar-refractivity contribution is 5.92. The van der Waals surface area contributed by atoms with Crippen LogP contribution in [0, 0.1) is 6.92 Å². The summed E-state index contributed by atoms with van der Waals surface area (Å²) in [5, 5.41) is 17.0. The lowest BCUT2D eigenvalue weighted by Gasteiger charge is -2.26. The van der Waals surface area contributed by atoms with Crippen molar-refractivity contribution in [2.24, 2.45) is 7.05 Å². The number of carbonyl (C=O) groups excluding carboxylic acids is 1. The Bertz CT molecular complexity index is 429. The van der Waals surface area contributed by atoms with Crippen LogP contribution >= 0.6 is 0 Å². The van der Waals surface area contributed by atoms with Gasteiger partial charge >= 0.3 is 0 Å². The summed E-state index contributed by atoms with van der Waals surface area (Å²) in [7, 11) is 3.46. The summed E-state index contributed by atoms with van der Waals surface area (Å²) in [6, 6.07) is 1.59. The van der Waals surface area contributed by atoms with Crippen molar-refractivity contribution in [3.63, 3.8) is 0 Å². The lowest BCUT2D eigenvalue weighted by atomic mass is 10.2. The van der Waals surface area contributed by atoms with Gasteiger partial charge in [-0.25, -0.2) is 0 Å². The van der Waals surface area contributed by atoms with E-state index < -0.39 is 6.10 Å². The van der Waals surface area contributed by atoms with Crippen LogP contribution in [0.15, 0.2) is 6.07 Å². The van der Waals surface area contributed by atoms with Crippen LogP contribution in [0.2, 0.25) is 0 Å². The molecule has 17 heavy (non-hydrogen) atoms. The van der Waals surface area contributed by atoms with Gasteiger partial charge in [0.1, 0.15) is 5.69 Å². The van der Waals surface area contributed by atoms with Crippen LogP contribution in [0.1, 0.15) is 16.2 Å². The highest BCUT2D eigenvalue weighted by atomic mass is 16.3. The number of aryl methyl sites for hydroxylation is 2. The Morgan fingerprint density at radius 1 is 1.65 bits per heavy atom. The second kappa shape index (κ2) is 4.46. The maximum atomic E-state index is 12.2. The van der Waals surface area contributed by atoms with E-state index >= 15 is 0 Å². The molecule has 1 saturated heterocycles. The molecule has 2 heterocycles. The van der Waals surface area contributed by atoms with Crippen molar-refractivity contribution in [3.05, 3.63) is 17.5 Å². The summed E-state index contributed by atoms with van der Waals surface area (Å²) in [5.41, 5.74) is 1.36. The van der Waals surface area contributed by atoms with Crippen molar-refractivity contribution in [3.8, 4) is 0 Å². The molecule has 1 aromatic rings. The summed E-state index contributed by atoms with van der Waals surface area (Å²) >= 11 is 0. The predicted octanol–water partition coefficient (Wildman–Crippen LogP) is -0.867. The van der Waals surface area contributed by atoms with Gasteiger partial charge in [-0.3, -0.25) is 9.48 Å². The Balaban J connectivity index is 2.17. The maximum absolute atomic E-state index is 12.2. The number of aromatic nitrogens is 2. The van der Waals surface area contributed by atoms with Gasteiger partial charge in [0.15, 0.2) is 0 Å². The lowest BCUT2D eigenvalue weighted by molar-refractivity contribution is 0.0571. The average molecular weight is 238 g/mol. The second-order valence-corrected chi connectivity index (χ2v) is 4.50. The van der Waals surface area contributed by atoms with Crippen molar-refractivity contribution in [2.75, 3.05) is 20.1 Å². The third-order valence-corrected chi connectivity index (χ3v) is 3.19. The minimum atomic E-state index is -0.502. The normalized spacial score (nSPS) is 24.0. The van der Waals surface area contributed by atoms with E-state index in [-0.39, 0.29) is 11.9 Å². The molecule has 6 heteroatoms. The van der Waals surface area contributed by atoms with E-state index in [4.69, 9.17) is 0 Å². The van der Waals surface area contributed by atoms with Gasteiger partial charge in [0.25, 0.3) is 5.91 Å².